The molecule has 1 aliphatic rings. The molecule has 2 aromatic carbocycles. The highest BCUT2D eigenvalue weighted by molar-refractivity contribution is 6.31. The number of amides is 1. The zero-order valence-electron chi connectivity index (χ0n) is 25.3. The van der Waals surface area contributed by atoms with Crippen LogP contribution >= 0.6 is 11.6 Å². The van der Waals surface area contributed by atoms with Gasteiger partial charge in [0.25, 0.3) is 0 Å². The molecule has 12 nitrogen and oxygen atoms in total. The van der Waals surface area contributed by atoms with E-state index in [1.807, 2.05) is 26.8 Å². The predicted octanol–water partition coefficient (Wildman–Crippen LogP) is 5.42. The van der Waals surface area contributed by atoms with Crippen LogP contribution in [0.1, 0.15) is 46.6 Å². The van der Waals surface area contributed by atoms with Crippen LogP contribution in [0.5, 0.6) is 5.75 Å². The summed E-state index contributed by atoms with van der Waals surface area (Å²) in [4.78, 5) is 29.0. The number of ether oxygens (including phenoxy) is 2. The maximum Gasteiger partial charge on any atom is 0.410 e. The summed E-state index contributed by atoms with van der Waals surface area (Å²) in [5.41, 5.74) is 6.93. The summed E-state index contributed by atoms with van der Waals surface area (Å²) in [5.74, 6) is 0.153. The first kappa shape index (κ1) is 31.8. The highest BCUT2D eigenvalue weighted by atomic mass is 35.5. The molecular formula is C29H38ClFN8O4. The van der Waals surface area contributed by atoms with Gasteiger partial charge in [-0.25, -0.2) is 19.2 Å². The number of methoxy groups -OCH3 is 1. The smallest absolute Gasteiger partial charge is 0.410 e. The van der Waals surface area contributed by atoms with Gasteiger partial charge in [0.1, 0.15) is 23.5 Å². The first-order valence-corrected chi connectivity index (χ1v) is 14.1. The molecule has 1 aromatic heterocycles. The molecule has 0 radical (unpaired) electrons. The molecule has 2 heterocycles. The summed E-state index contributed by atoms with van der Waals surface area (Å²) in [7, 11) is 3.29. The van der Waals surface area contributed by atoms with Crippen molar-refractivity contribution in [2.75, 3.05) is 48.5 Å². The number of hydrogen-bond acceptors (Lipinski definition) is 11. The number of benzene rings is 2. The number of anilines is 6. The lowest BCUT2D eigenvalue weighted by atomic mass is 9.96. The highest BCUT2D eigenvalue weighted by Crippen LogP contribution is 2.38. The molecular weight excluding hydrogens is 579 g/mol. The van der Waals surface area contributed by atoms with Gasteiger partial charge in [-0.3, -0.25) is 0 Å². The quantitative estimate of drug-likeness (QED) is 0.240. The second-order valence-corrected chi connectivity index (χ2v) is 12.3. The Morgan fingerprint density at radius 2 is 1.79 bits per heavy atom. The third kappa shape index (κ3) is 7.65. The molecule has 1 amide bonds. The van der Waals surface area contributed by atoms with E-state index in [9.17, 15) is 14.3 Å². The average molecular weight is 617 g/mol. The summed E-state index contributed by atoms with van der Waals surface area (Å²) in [6, 6.07) is 6.03. The minimum atomic E-state index is -1.37. The number of carbonyl (C=O) groups excluding carboxylic acids is 1. The van der Waals surface area contributed by atoms with Crippen LogP contribution in [-0.4, -0.2) is 69.9 Å². The van der Waals surface area contributed by atoms with Crippen LogP contribution in [0.15, 0.2) is 30.6 Å². The van der Waals surface area contributed by atoms with Gasteiger partial charge >= 0.3 is 6.09 Å². The maximum absolute atomic E-state index is 14.1. The zero-order valence-corrected chi connectivity index (χ0v) is 26.1. The number of nitrogens with zero attached hydrogens (tertiary/aromatic N) is 5. The van der Waals surface area contributed by atoms with E-state index in [1.165, 1.54) is 32.3 Å². The third-order valence-corrected chi connectivity index (χ3v) is 7.16. The SMILES string of the molecule is COc1cc(N2CC[C@@H](N(C)C(=O)OC(C)(C)C)C2)c(N)cc1Nc1ncnc(Nc2cc(Cl)c(F)cc2C(C)(C)O)n1. The largest absolute Gasteiger partial charge is 0.494 e. The molecule has 3 aromatic rings. The summed E-state index contributed by atoms with van der Waals surface area (Å²) in [5, 5.41) is 16.5. The molecule has 232 valence electrons. The lowest BCUT2D eigenvalue weighted by Crippen LogP contribution is -2.42. The van der Waals surface area contributed by atoms with E-state index in [2.05, 4.69) is 30.5 Å². The number of likely N-dealkylation sites (N-methyl/N-ethyl adjacent to an activating group) is 1. The first-order chi connectivity index (χ1) is 20.1. The van der Waals surface area contributed by atoms with E-state index in [0.717, 1.165) is 12.1 Å². The van der Waals surface area contributed by atoms with Crippen LogP contribution in [0.25, 0.3) is 0 Å². The second kappa shape index (κ2) is 12.3. The van der Waals surface area contributed by atoms with Crippen LogP contribution in [-0.2, 0) is 10.3 Å². The predicted molar refractivity (Wildman–Crippen MR) is 165 cm³/mol. The van der Waals surface area contributed by atoms with Crippen LogP contribution < -0.4 is 26.0 Å². The number of carbonyl (C=O) groups is 1. The van der Waals surface area contributed by atoms with Crippen molar-refractivity contribution in [3.63, 3.8) is 0 Å². The molecule has 14 heteroatoms. The van der Waals surface area contributed by atoms with Gasteiger partial charge in [-0.15, -0.1) is 0 Å². The van der Waals surface area contributed by atoms with Gasteiger partial charge in [-0.05, 0) is 59.2 Å². The Labute approximate surface area is 255 Å². The molecule has 43 heavy (non-hydrogen) atoms. The fourth-order valence-electron chi connectivity index (χ4n) is 4.70. The lowest BCUT2D eigenvalue weighted by molar-refractivity contribution is 0.0237. The molecule has 1 saturated heterocycles. The van der Waals surface area contributed by atoms with Gasteiger partial charge in [-0.2, -0.15) is 4.98 Å². The lowest BCUT2D eigenvalue weighted by Gasteiger charge is -2.29. The summed E-state index contributed by atoms with van der Waals surface area (Å²) >= 11 is 5.99. The first-order valence-electron chi connectivity index (χ1n) is 13.7. The number of nitrogen functional groups attached to an aromatic ring is 1. The number of halogens is 2. The van der Waals surface area contributed by atoms with Crippen molar-refractivity contribution in [3.8, 4) is 5.75 Å². The average Bonchev–Trinajstić information content (AvgIpc) is 3.39. The van der Waals surface area contributed by atoms with Gasteiger partial charge < -0.3 is 40.7 Å². The van der Waals surface area contributed by atoms with Crippen molar-refractivity contribution in [2.45, 2.75) is 58.3 Å². The van der Waals surface area contributed by atoms with E-state index < -0.39 is 17.0 Å². The number of nitrogens with two attached hydrogens (primary N) is 1. The Kier molecular flexibility index (Phi) is 9.07. The Morgan fingerprint density at radius 1 is 1.14 bits per heavy atom. The van der Waals surface area contributed by atoms with Crippen molar-refractivity contribution >= 4 is 52.3 Å². The minimum Gasteiger partial charge on any atom is -0.494 e. The van der Waals surface area contributed by atoms with Crippen LogP contribution in [0.4, 0.5) is 43.8 Å². The van der Waals surface area contributed by atoms with E-state index in [1.54, 1.807) is 25.1 Å². The maximum atomic E-state index is 14.1. The van der Waals surface area contributed by atoms with E-state index in [0.29, 0.717) is 35.9 Å². The number of rotatable bonds is 8. The highest BCUT2D eigenvalue weighted by Gasteiger charge is 2.32. The Balaban J connectivity index is 1.52. The fourth-order valence-corrected chi connectivity index (χ4v) is 4.86. The second-order valence-electron chi connectivity index (χ2n) is 11.8. The molecule has 5 N–H and O–H groups in total. The van der Waals surface area contributed by atoms with Crippen molar-refractivity contribution in [2.24, 2.45) is 0 Å². The molecule has 0 unspecified atom stereocenters. The molecule has 1 fully saturated rings. The van der Waals surface area contributed by atoms with Gasteiger partial charge in [0.15, 0.2) is 0 Å². The number of aliphatic hydroxyl groups is 1. The van der Waals surface area contributed by atoms with Gasteiger partial charge in [0.05, 0.1) is 40.8 Å². The van der Waals surface area contributed by atoms with Crippen molar-refractivity contribution in [3.05, 3.63) is 47.0 Å². The molecule has 1 atom stereocenters. The Bertz CT molecular complexity index is 1490. The van der Waals surface area contributed by atoms with E-state index in [4.69, 9.17) is 26.8 Å². The molecule has 0 saturated carbocycles. The summed E-state index contributed by atoms with van der Waals surface area (Å²) in [6.07, 6.45) is 1.68. The zero-order chi connectivity index (χ0) is 31.7. The summed E-state index contributed by atoms with van der Waals surface area (Å²) < 4.78 is 25.3. The van der Waals surface area contributed by atoms with Crippen LogP contribution in [0.2, 0.25) is 5.02 Å². The normalized spacial score (nSPS) is 15.3. The Hall–Kier alpha value is -4.10. The minimum absolute atomic E-state index is 0.0397. The molecule has 0 bridgehead atoms. The van der Waals surface area contributed by atoms with E-state index >= 15 is 0 Å². The Morgan fingerprint density at radius 3 is 2.40 bits per heavy atom. The number of hydrogen-bond donors (Lipinski definition) is 4. The molecule has 0 aliphatic carbocycles. The molecule has 1 aliphatic heterocycles. The topological polar surface area (TPSA) is 151 Å². The van der Waals surface area contributed by atoms with Crippen molar-refractivity contribution in [1.82, 2.24) is 19.9 Å². The van der Waals surface area contributed by atoms with Gasteiger partial charge in [0, 0.05) is 37.5 Å². The van der Waals surface area contributed by atoms with Gasteiger partial charge in [-0.1, -0.05) is 11.6 Å². The number of nitrogens with one attached hydrogen (secondary N) is 2. The van der Waals surface area contributed by atoms with Crippen LogP contribution in [0, 0.1) is 5.82 Å². The fraction of sp³-hybridized carbons (Fsp3) is 0.448. The summed E-state index contributed by atoms with van der Waals surface area (Å²) in [6.45, 7) is 9.86. The van der Waals surface area contributed by atoms with Gasteiger partial charge in [0.2, 0.25) is 11.9 Å². The monoisotopic (exact) mass is 616 g/mol. The molecule has 0 spiro atoms. The van der Waals surface area contributed by atoms with Crippen molar-refractivity contribution in [1.29, 1.82) is 0 Å². The third-order valence-electron chi connectivity index (χ3n) is 6.87. The standard InChI is InChI=1S/C29H38ClFN8O4/c1-28(2,3)43-27(40)38(6)16-8-9-39(14-16)23-13-24(42-7)22(12-20(23)32)36-26-34-15-33-25(37-26)35-21-11-18(30)19(31)10-17(21)29(4,5)41/h10-13,15-16,41H,8-9,14,32H2,1-7H3,(H2,33,34,35,36,37)/t16-/m1/s1. The number of aromatic nitrogens is 3. The molecule has 4 rings (SSSR count). The van der Waals surface area contributed by atoms with Crippen LogP contribution in [0.3, 0.4) is 0 Å². The van der Waals surface area contributed by atoms with E-state index in [-0.39, 0.29) is 34.6 Å². The van der Waals surface area contributed by atoms with Crippen molar-refractivity contribution < 1.29 is 23.8 Å².